The number of benzene rings is 2. The number of carbonyl (C=O) groups is 2. The molecule has 1 aromatic heterocycles. The van der Waals surface area contributed by atoms with Crippen molar-refractivity contribution in [3.05, 3.63) is 65.0 Å². The summed E-state index contributed by atoms with van der Waals surface area (Å²) in [6, 6.07) is 16.1. The summed E-state index contributed by atoms with van der Waals surface area (Å²) in [6.07, 6.45) is -5.91. The molecule has 8 nitrogen and oxygen atoms in total. The summed E-state index contributed by atoms with van der Waals surface area (Å²) in [4.78, 5) is 25.2. The molecule has 12 heteroatoms. The number of ether oxygens (including phenoxy) is 2. The molecule has 1 aliphatic rings. The Morgan fingerprint density at radius 2 is 1.84 bits per heavy atom. The van der Waals surface area contributed by atoms with E-state index >= 15 is 0 Å². The van der Waals surface area contributed by atoms with Crippen LogP contribution in [-0.4, -0.2) is 54.7 Å². The number of nitrogen functional groups attached to an aromatic ring is 1. The lowest BCUT2D eigenvalue weighted by Gasteiger charge is -2.32. The van der Waals surface area contributed by atoms with E-state index in [1.807, 2.05) is 42.5 Å². The van der Waals surface area contributed by atoms with Gasteiger partial charge < -0.3 is 25.4 Å². The standard InChI is InChI=1S/C25H25F3N4O4S/c26-25(27,28)23(33)32-11-9-16(10-12-32)31-24(34)35-14-19(15-5-2-1-3-6-15)36-18-7-4-8-20-17(18)13-21(37-20)22(29)30/h1-8,13,16,19H,9-12,14H2,(H3,29,30)(H,31,34). The first-order chi connectivity index (χ1) is 17.6. The van der Waals surface area contributed by atoms with Gasteiger partial charge in [0.1, 0.15) is 18.2 Å². The Hall–Kier alpha value is -3.80. The zero-order valence-electron chi connectivity index (χ0n) is 19.6. The average Bonchev–Trinajstić information content (AvgIpc) is 3.32. The van der Waals surface area contributed by atoms with Gasteiger partial charge in [-0.15, -0.1) is 11.3 Å². The van der Waals surface area contributed by atoms with Gasteiger partial charge in [0.25, 0.3) is 0 Å². The minimum absolute atomic E-state index is 0.0413. The van der Waals surface area contributed by atoms with Crippen molar-refractivity contribution in [1.29, 1.82) is 5.41 Å². The molecule has 0 bridgehead atoms. The van der Waals surface area contributed by atoms with Crippen LogP contribution in [0.1, 0.15) is 29.4 Å². The molecule has 1 fully saturated rings. The van der Waals surface area contributed by atoms with Gasteiger partial charge in [0.2, 0.25) is 0 Å². The number of alkyl halides is 3. The lowest BCUT2D eigenvalue weighted by atomic mass is 10.1. The van der Waals surface area contributed by atoms with Gasteiger partial charge in [-0.2, -0.15) is 13.2 Å². The molecule has 2 amide bonds. The molecule has 4 rings (SSSR count). The van der Waals surface area contributed by atoms with Gasteiger partial charge >= 0.3 is 18.2 Å². The maximum atomic E-state index is 12.6. The zero-order valence-corrected chi connectivity index (χ0v) is 20.4. The molecule has 0 spiro atoms. The number of likely N-dealkylation sites (tertiary alicyclic amines) is 1. The Bertz CT molecular complexity index is 1270. The van der Waals surface area contributed by atoms with Gasteiger partial charge in [-0.3, -0.25) is 10.2 Å². The molecule has 1 aliphatic heterocycles. The first kappa shape index (κ1) is 26.3. The van der Waals surface area contributed by atoms with E-state index in [-0.39, 0.29) is 38.4 Å². The first-order valence-electron chi connectivity index (χ1n) is 11.5. The first-order valence-corrected chi connectivity index (χ1v) is 12.3. The van der Waals surface area contributed by atoms with E-state index in [2.05, 4.69) is 5.32 Å². The van der Waals surface area contributed by atoms with Crippen molar-refractivity contribution >= 4 is 39.3 Å². The number of piperidine rings is 1. The third kappa shape index (κ3) is 6.50. The van der Waals surface area contributed by atoms with Crippen LogP contribution < -0.4 is 15.8 Å². The fourth-order valence-corrected chi connectivity index (χ4v) is 4.99. The molecule has 1 atom stereocenters. The van der Waals surface area contributed by atoms with Gasteiger partial charge in [-0.25, -0.2) is 4.79 Å². The number of amidine groups is 1. The number of amides is 2. The van der Waals surface area contributed by atoms with Crippen molar-refractivity contribution in [3.8, 4) is 5.75 Å². The topological polar surface area (TPSA) is 118 Å². The van der Waals surface area contributed by atoms with Crippen molar-refractivity contribution in [1.82, 2.24) is 10.2 Å². The molecule has 0 aliphatic carbocycles. The maximum absolute atomic E-state index is 12.6. The molecule has 37 heavy (non-hydrogen) atoms. The summed E-state index contributed by atoms with van der Waals surface area (Å²) in [5, 5.41) is 11.1. The predicted octanol–water partition coefficient (Wildman–Crippen LogP) is 4.58. The number of nitrogens with two attached hydrogens (primary N) is 1. The van der Waals surface area contributed by atoms with Crippen molar-refractivity contribution in [2.24, 2.45) is 5.73 Å². The molecule has 1 saturated heterocycles. The van der Waals surface area contributed by atoms with Gasteiger partial charge in [0.15, 0.2) is 6.10 Å². The summed E-state index contributed by atoms with van der Waals surface area (Å²) >= 11 is 1.37. The number of thiophene rings is 1. The number of nitrogens with zero attached hydrogens (tertiary/aromatic N) is 1. The SMILES string of the molecule is N=C(N)c1cc2c(OC(COC(=O)NC3CCN(C(=O)C(F)(F)F)CC3)c3ccccc3)cccc2s1. The fraction of sp³-hybridized carbons (Fsp3) is 0.320. The predicted molar refractivity (Wildman–Crippen MR) is 133 cm³/mol. The number of carbonyl (C=O) groups excluding carboxylic acids is 2. The normalized spacial score (nSPS) is 15.3. The molecule has 2 aromatic carbocycles. The van der Waals surface area contributed by atoms with Crippen LogP contribution in [0.15, 0.2) is 54.6 Å². The molecule has 4 N–H and O–H groups in total. The summed E-state index contributed by atoms with van der Waals surface area (Å²) in [5.74, 6) is -1.37. The Morgan fingerprint density at radius 1 is 1.14 bits per heavy atom. The van der Waals surface area contributed by atoms with Crippen LogP contribution in [0.4, 0.5) is 18.0 Å². The third-order valence-electron chi connectivity index (χ3n) is 5.94. The van der Waals surface area contributed by atoms with Crippen molar-refractivity contribution in [3.63, 3.8) is 0 Å². The largest absolute Gasteiger partial charge is 0.481 e. The van der Waals surface area contributed by atoms with Gasteiger partial charge in [0.05, 0.1) is 4.88 Å². The fourth-order valence-electron chi connectivity index (χ4n) is 4.05. The highest BCUT2D eigenvalue weighted by molar-refractivity contribution is 7.20. The van der Waals surface area contributed by atoms with Crippen LogP contribution in [0, 0.1) is 5.41 Å². The van der Waals surface area contributed by atoms with E-state index in [0.29, 0.717) is 10.6 Å². The van der Waals surface area contributed by atoms with Crippen LogP contribution in [-0.2, 0) is 9.53 Å². The smallest absolute Gasteiger partial charge is 0.471 e. The average molecular weight is 535 g/mol. The Balaban J connectivity index is 1.39. The maximum Gasteiger partial charge on any atom is 0.471 e. The highest BCUT2D eigenvalue weighted by atomic mass is 32.1. The van der Waals surface area contributed by atoms with Crippen molar-refractivity contribution in [2.75, 3.05) is 19.7 Å². The second-order valence-electron chi connectivity index (χ2n) is 8.52. The van der Waals surface area contributed by atoms with Crippen LogP contribution in [0.3, 0.4) is 0 Å². The lowest BCUT2D eigenvalue weighted by molar-refractivity contribution is -0.186. The zero-order chi connectivity index (χ0) is 26.6. The van der Waals surface area contributed by atoms with Crippen molar-refractivity contribution in [2.45, 2.75) is 31.2 Å². The number of hydrogen-bond donors (Lipinski definition) is 3. The number of nitrogens with one attached hydrogen (secondary N) is 2. The second kappa shape index (κ2) is 11.1. The number of fused-ring (bicyclic) bond motifs is 1. The van der Waals surface area contributed by atoms with E-state index in [4.69, 9.17) is 20.6 Å². The number of alkyl carbamates (subject to hydrolysis) is 1. The lowest BCUT2D eigenvalue weighted by Crippen LogP contribution is -2.50. The minimum atomic E-state index is -4.91. The quantitative estimate of drug-likeness (QED) is 0.303. The highest BCUT2D eigenvalue weighted by Crippen LogP contribution is 2.35. The Kier molecular flexibility index (Phi) is 7.86. The van der Waals surface area contributed by atoms with E-state index in [1.54, 1.807) is 12.1 Å². The molecule has 0 saturated carbocycles. The summed E-state index contributed by atoms with van der Waals surface area (Å²) < 4.78 is 50.5. The van der Waals surface area contributed by atoms with Crippen LogP contribution in [0.2, 0.25) is 0 Å². The Morgan fingerprint density at radius 3 is 2.49 bits per heavy atom. The number of rotatable bonds is 7. The summed E-state index contributed by atoms with van der Waals surface area (Å²) in [7, 11) is 0. The summed E-state index contributed by atoms with van der Waals surface area (Å²) in [5.41, 5.74) is 6.41. The molecular formula is C25H25F3N4O4S. The monoisotopic (exact) mass is 534 g/mol. The summed E-state index contributed by atoms with van der Waals surface area (Å²) in [6.45, 7) is -0.334. The molecule has 1 unspecified atom stereocenters. The molecule has 3 aromatic rings. The minimum Gasteiger partial charge on any atom is -0.481 e. The highest BCUT2D eigenvalue weighted by Gasteiger charge is 2.43. The van der Waals surface area contributed by atoms with E-state index < -0.39 is 30.3 Å². The number of hydrogen-bond acceptors (Lipinski definition) is 6. The third-order valence-corrected chi connectivity index (χ3v) is 7.07. The van der Waals surface area contributed by atoms with Crippen LogP contribution >= 0.6 is 11.3 Å². The van der Waals surface area contributed by atoms with Crippen LogP contribution in [0.25, 0.3) is 10.1 Å². The van der Waals surface area contributed by atoms with E-state index in [9.17, 15) is 22.8 Å². The number of halogens is 3. The molecule has 2 heterocycles. The second-order valence-corrected chi connectivity index (χ2v) is 9.60. The van der Waals surface area contributed by atoms with Gasteiger partial charge in [-0.1, -0.05) is 36.4 Å². The van der Waals surface area contributed by atoms with E-state index in [0.717, 1.165) is 20.5 Å². The Labute approximate surface area is 214 Å². The van der Waals surface area contributed by atoms with Crippen LogP contribution in [0.5, 0.6) is 5.75 Å². The molecular weight excluding hydrogens is 509 g/mol. The molecule has 0 radical (unpaired) electrons. The van der Waals surface area contributed by atoms with Gasteiger partial charge in [-0.05, 0) is 36.6 Å². The molecule has 196 valence electrons. The van der Waals surface area contributed by atoms with Crippen molar-refractivity contribution < 1.29 is 32.2 Å². The van der Waals surface area contributed by atoms with Gasteiger partial charge in [0, 0.05) is 29.2 Å². The van der Waals surface area contributed by atoms with E-state index in [1.165, 1.54) is 11.3 Å².